The van der Waals surface area contributed by atoms with Crippen molar-refractivity contribution in [3.63, 3.8) is 0 Å². The van der Waals surface area contributed by atoms with Crippen LogP contribution in [0.15, 0.2) is 52.3 Å². The first-order valence-corrected chi connectivity index (χ1v) is 10.9. The van der Waals surface area contributed by atoms with E-state index in [0.29, 0.717) is 5.25 Å². The van der Waals surface area contributed by atoms with E-state index in [4.69, 9.17) is 0 Å². The van der Waals surface area contributed by atoms with Crippen LogP contribution in [0.25, 0.3) is 0 Å². The second kappa shape index (κ2) is 8.09. The summed E-state index contributed by atoms with van der Waals surface area (Å²) in [4.78, 5) is 11.9. The monoisotopic (exact) mass is 394 g/mol. The van der Waals surface area contributed by atoms with Gasteiger partial charge in [-0.15, -0.1) is 11.8 Å². The van der Waals surface area contributed by atoms with Crippen LogP contribution in [0.1, 0.15) is 32.4 Å². The largest absolute Gasteiger partial charge is 0.373 e. The molecule has 8 heteroatoms. The van der Waals surface area contributed by atoms with Gasteiger partial charge in [-0.2, -0.15) is 0 Å². The Hall–Kier alpha value is -2.06. The van der Waals surface area contributed by atoms with Gasteiger partial charge in [0.2, 0.25) is 0 Å². The summed E-state index contributed by atoms with van der Waals surface area (Å²) in [6.07, 6.45) is 1.03. The van der Waals surface area contributed by atoms with Crippen molar-refractivity contribution in [2.24, 2.45) is 0 Å². The van der Waals surface area contributed by atoms with Crippen molar-refractivity contribution in [2.45, 2.75) is 41.9 Å². The number of nitro benzene ring substituents is 1. The van der Waals surface area contributed by atoms with Gasteiger partial charge in [-0.25, -0.2) is 8.42 Å². The van der Waals surface area contributed by atoms with Crippen molar-refractivity contribution in [1.29, 1.82) is 0 Å². The van der Waals surface area contributed by atoms with Gasteiger partial charge in [0.15, 0.2) is 9.84 Å². The molecule has 0 aromatic heterocycles. The van der Waals surface area contributed by atoms with Gasteiger partial charge in [-0.1, -0.05) is 26.0 Å². The minimum Gasteiger partial charge on any atom is -0.373 e. The van der Waals surface area contributed by atoms with Gasteiger partial charge in [-0.05, 0) is 36.8 Å². The van der Waals surface area contributed by atoms with Gasteiger partial charge < -0.3 is 5.32 Å². The third kappa shape index (κ3) is 5.22. The molecule has 0 saturated carbocycles. The Balaban J connectivity index is 2.25. The van der Waals surface area contributed by atoms with Crippen LogP contribution in [0, 0.1) is 10.1 Å². The van der Waals surface area contributed by atoms with Crippen molar-refractivity contribution < 1.29 is 13.3 Å². The summed E-state index contributed by atoms with van der Waals surface area (Å²) in [5.74, 6) is 0. The fourth-order valence-corrected chi connectivity index (χ4v) is 3.92. The lowest BCUT2D eigenvalue weighted by atomic mass is 10.1. The minimum atomic E-state index is -3.51. The van der Waals surface area contributed by atoms with Gasteiger partial charge in [0.25, 0.3) is 5.69 Å². The van der Waals surface area contributed by atoms with Crippen molar-refractivity contribution >= 4 is 33.0 Å². The molecule has 0 saturated heterocycles. The Kier molecular flexibility index (Phi) is 6.30. The molecule has 26 heavy (non-hydrogen) atoms. The minimum absolute atomic E-state index is 0.0718. The fourth-order valence-electron chi connectivity index (χ4n) is 2.44. The molecule has 6 nitrogen and oxygen atoms in total. The maximum atomic E-state index is 11.6. The number of sulfone groups is 1. The van der Waals surface area contributed by atoms with E-state index in [0.717, 1.165) is 17.9 Å². The number of rotatable bonds is 7. The highest BCUT2D eigenvalue weighted by molar-refractivity contribution is 7.99. The first kappa shape index (κ1) is 20.3. The van der Waals surface area contributed by atoms with Crippen LogP contribution in [0.5, 0.6) is 0 Å². The van der Waals surface area contributed by atoms with Crippen LogP contribution in [-0.2, 0) is 9.84 Å². The highest BCUT2D eigenvalue weighted by atomic mass is 32.2. The topological polar surface area (TPSA) is 89.3 Å². The average Bonchev–Trinajstić information content (AvgIpc) is 2.54. The third-order valence-corrected chi connectivity index (χ3v) is 5.84. The van der Waals surface area contributed by atoms with Crippen molar-refractivity contribution in [2.75, 3.05) is 11.6 Å². The lowest BCUT2D eigenvalue weighted by molar-refractivity contribution is -0.384. The maximum absolute atomic E-state index is 11.6. The zero-order valence-corrected chi connectivity index (χ0v) is 16.7. The molecule has 0 radical (unpaired) electrons. The SMILES string of the molecule is CC(C)Sc1ccc(C(C)Nc2ccc(S(C)(=O)=O)cc2[N+](=O)[O-])cc1. The third-order valence-electron chi connectivity index (χ3n) is 3.72. The summed E-state index contributed by atoms with van der Waals surface area (Å²) in [5.41, 5.74) is 1.02. The normalized spacial score (nSPS) is 12.8. The zero-order valence-electron chi connectivity index (χ0n) is 15.1. The molecule has 1 atom stereocenters. The molecule has 0 heterocycles. The van der Waals surface area contributed by atoms with Crippen LogP contribution < -0.4 is 5.32 Å². The van der Waals surface area contributed by atoms with E-state index in [2.05, 4.69) is 19.2 Å². The number of benzene rings is 2. The summed E-state index contributed by atoms with van der Waals surface area (Å²) in [5, 5.41) is 14.9. The van der Waals surface area contributed by atoms with Crippen LogP contribution in [0.2, 0.25) is 0 Å². The zero-order chi connectivity index (χ0) is 19.5. The molecular weight excluding hydrogens is 372 g/mol. The molecule has 2 aromatic rings. The molecule has 1 N–H and O–H groups in total. The Morgan fingerprint density at radius 3 is 2.19 bits per heavy atom. The number of thioether (sulfide) groups is 1. The van der Waals surface area contributed by atoms with Crippen LogP contribution in [0.4, 0.5) is 11.4 Å². The quantitative estimate of drug-likeness (QED) is 0.417. The molecule has 0 fully saturated rings. The molecule has 1 unspecified atom stereocenters. The first-order chi connectivity index (χ1) is 12.1. The molecule has 2 rings (SSSR count). The molecule has 0 spiro atoms. The van der Waals surface area contributed by atoms with E-state index < -0.39 is 14.8 Å². The summed E-state index contributed by atoms with van der Waals surface area (Å²) in [7, 11) is -3.51. The average molecular weight is 395 g/mol. The standard InChI is InChI=1S/C18H22N2O4S2/c1-12(2)25-15-7-5-14(6-8-15)13(3)19-17-10-9-16(26(4,23)24)11-18(17)20(21)22/h5-13,19H,1-4H3. The van der Waals surface area contributed by atoms with E-state index in [-0.39, 0.29) is 22.3 Å². The van der Waals surface area contributed by atoms with Gasteiger partial charge in [-0.3, -0.25) is 10.1 Å². The van der Waals surface area contributed by atoms with Crippen molar-refractivity contribution in [1.82, 2.24) is 0 Å². The van der Waals surface area contributed by atoms with Crippen LogP contribution in [-0.4, -0.2) is 24.8 Å². The number of hydrogen-bond donors (Lipinski definition) is 1. The fraction of sp³-hybridized carbons (Fsp3) is 0.333. The first-order valence-electron chi connectivity index (χ1n) is 8.09. The maximum Gasteiger partial charge on any atom is 0.293 e. The molecule has 140 valence electrons. The number of anilines is 1. The van der Waals surface area contributed by atoms with Crippen LogP contribution >= 0.6 is 11.8 Å². The summed E-state index contributed by atoms with van der Waals surface area (Å²) < 4.78 is 23.3. The van der Waals surface area contributed by atoms with E-state index in [1.165, 1.54) is 17.0 Å². The Bertz CT molecular complexity index is 894. The number of hydrogen-bond acceptors (Lipinski definition) is 6. The molecule has 0 bridgehead atoms. The van der Waals surface area contributed by atoms with Crippen molar-refractivity contribution in [3.8, 4) is 0 Å². The highest BCUT2D eigenvalue weighted by Crippen LogP contribution is 2.31. The molecule has 0 aliphatic heterocycles. The van der Waals surface area contributed by atoms with E-state index >= 15 is 0 Å². The molecule has 0 aliphatic carbocycles. The number of nitrogens with zero attached hydrogens (tertiary/aromatic N) is 1. The van der Waals surface area contributed by atoms with E-state index in [9.17, 15) is 18.5 Å². The van der Waals surface area contributed by atoms with E-state index in [1.807, 2.05) is 31.2 Å². The smallest absolute Gasteiger partial charge is 0.293 e. The predicted octanol–water partition coefficient (Wildman–Crippen LogP) is 4.67. The van der Waals surface area contributed by atoms with Gasteiger partial charge in [0, 0.05) is 28.5 Å². The molecule has 2 aromatic carbocycles. The number of nitro groups is 1. The lowest BCUT2D eigenvalue weighted by Gasteiger charge is -2.17. The second-order valence-electron chi connectivity index (χ2n) is 6.31. The molecule has 0 amide bonds. The Morgan fingerprint density at radius 2 is 1.69 bits per heavy atom. The summed E-state index contributed by atoms with van der Waals surface area (Å²) in [6, 6.07) is 11.8. The molecule has 0 aliphatic rings. The Morgan fingerprint density at radius 1 is 1.08 bits per heavy atom. The summed E-state index contributed by atoms with van der Waals surface area (Å²) in [6.45, 7) is 6.16. The highest BCUT2D eigenvalue weighted by Gasteiger charge is 2.20. The Labute approximate surface area is 158 Å². The second-order valence-corrected chi connectivity index (χ2v) is 9.98. The predicted molar refractivity (Wildman–Crippen MR) is 106 cm³/mol. The van der Waals surface area contributed by atoms with Gasteiger partial charge in [0.05, 0.1) is 9.82 Å². The van der Waals surface area contributed by atoms with E-state index in [1.54, 1.807) is 11.8 Å². The number of nitrogens with one attached hydrogen (secondary N) is 1. The van der Waals surface area contributed by atoms with Crippen LogP contribution in [0.3, 0.4) is 0 Å². The lowest BCUT2D eigenvalue weighted by Crippen LogP contribution is -2.09. The molecular formula is C18H22N2O4S2. The summed E-state index contributed by atoms with van der Waals surface area (Å²) >= 11 is 1.77. The van der Waals surface area contributed by atoms with Gasteiger partial charge >= 0.3 is 0 Å². The van der Waals surface area contributed by atoms with Crippen molar-refractivity contribution in [3.05, 3.63) is 58.1 Å². The van der Waals surface area contributed by atoms with Gasteiger partial charge in [0.1, 0.15) is 5.69 Å².